The average Bonchev–Trinajstić information content (AvgIpc) is 3.29. The summed E-state index contributed by atoms with van der Waals surface area (Å²) >= 11 is 1.60. The van der Waals surface area contributed by atoms with Gasteiger partial charge in [-0.15, -0.1) is 11.3 Å². The van der Waals surface area contributed by atoms with Crippen molar-refractivity contribution in [2.75, 3.05) is 25.0 Å². The van der Waals surface area contributed by atoms with E-state index in [9.17, 15) is 18.0 Å². The number of carbonyl (C=O) groups excluding carboxylic acids is 1. The standard InChI is InChI=1S/C18H19F3N2O2S/c19-14-5-6-15(18(21)17(14)20)22-16(24)11-23(9-12-3-1-7-25-12)10-13-4-2-8-26-13/h2,4-6,8,12H,1,3,7,9-11H2,(H,22,24)/p+1/t12-/m0/s1. The minimum atomic E-state index is -1.59. The van der Waals surface area contributed by atoms with E-state index in [1.165, 1.54) is 0 Å². The average molecular weight is 385 g/mol. The highest BCUT2D eigenvalue weighted by atomic mass is 32.1. The Labute approximate surface area is 153 Å². The number of anilines is 1. The largest absolute Gasteiger partial charge is 0.372 e. The zero-order valence-corrected chi connectivity index (χ0v) is 14.9. The number of benzene rings is 1. The Balaban J connectivity index is 1.65. The number of hydrogen-bond donors (Lipinski definition) is 2. The summed E-state index contributed by atoms with van der Waals surface area (Å²) in [6.45, 7) is 2.11. The summed E-state index contributed by atoms with van der Waals surface area (Å²) in [7, 11) is 0. The fraction of sp³-hybridized carbons (Fsp3) is 0.389. The van der Waals surface area contributed by atoms with Gasteiger partial charge >= 0.3 is 0 Å². The van der Waals surface area contributed by atoms with Gasteiger partial charge in [0.1, 0.15) is 19.2 Å². The van der Waals surface area contributed by atoms with E-state index in [4.69, 9.17) is 4.74 Å². The van der Waals surface area contributed by atoms with Gasteiger partial charge in [0.15, 0.2) is 24.0 Å². The summed E-state index contributed by atoms with van der Waals surface area (Å²) < 4.78 is 45.7. The number of amides is 1. The number of carbonyl (C=O) groups is 1. The second kappa shape index (κ2) is 8.66. The molecule has 1 amide bonds. The number of rotatable bonds is 7. The zero-order valence-electron chi connectivity index (χ0n) is 14.1. The Kier molecular flexibility index (Phi) is 6.29. The highest BCUT2D eigenvalue weighted by molar-refractivity contribution is 7.09. The maximum Gasteiger partial charge on any atom is 0.279 e. The van der Waals surface area contributed by atoms with Crippen molar-refractivity contribution >= 4 is 22.9 Å². The van der Waals surface area contributed by atoms with E-state index in [1.54, 1.807) is 11.3 Å². The van der Waals surface area contributed by atoms with Gasteiger partial charge in [0.25, 0.3) is 5.91 Å². The van der Waals surface area contributed by atoms with Crippen LogP contribution >= 0.6 is 11.3 Å². The highest BCUT2D eigenvalue weighted by Crippen LogP contribution is 2.19. The van der Waals surface area contributed by atoms with Crippen LogP contribution in [-0.4, -0.2) is 31.7 Å². The molecular formula is C18H20F3N2O2S+. The van der Waals surface area contributed by atoms with Crippen LogP contribution in [0, 0.1) is 17.5 Å². The SMILES string of the molecule is O=C(C[NH+](Cc1cccs1)C[C@@H]1CCCO1)Nc1ccc(F)c(F)c1F. The molecule has 26 heavy (non-hydrogen) atoms. The smallest absolute Gasteiger partial charge is 0.279 e. The highest BCUT2D eigenvalue weighted by Gasteiger charge is 2.25. The molecule has 0 bridgehead atoms. The molecule has 2 N–H and O–H groups in total. The summed E-state index contributed by atoms with van der Waals surface area (Å²) in [4.78, 5) is 14.4. The van der Waals surface area contributed by atoms with E-state index >= 15 is 0 Å². The van der Waals surface area contributed by atoms with E-state index in [0.717, 1.165) is 41.4 Å². The lowest BCUT2D eigenvalue weighted by atomic mass is 10.2. The van der Waals surface area contributed by atoms with Crippen molar-refractivity contribution in [1.82, 2.24) is 0 Å². The van der Waals surface area contributed by atoms with Crippen LogP contribution in [0.3, 0.4) is 0 Å². The monoisotopic (exact) mass is 385 g/mol. The molecule has 2 atom stereocenters. The van der Waals surface area contributed by atoms with E-state index in [2.05, 4.69) is 5.32 Å². The molecule has 1 aliphatic rings. The fourth-order valence-corrected chi connectivity index (χ4v) is 3.81. The minimum absolute atomic E-state index is 0.0796. The molecule has 0 saturated carbocycles. The molecule has 3 rings (SSSR count). The first-order chi connectivity index (χ1) is 12.5. The maximum absolute atomic E-state index is 13.7. The molecule has 0 spiro atoms. The molecular weight excluding hydrogens is 365 g/mol. The van der Waals surface area contributed by atoms with E-state index in [0.29, 0.717) is 13.1 Å². The second-order valence-corrected chi connectivity index (χ2v) is 7.33. The summed E-state index contributed by atoms with van der Waals surface area (Å²) in [5.74, 6) is -4.73. The lowest BCUT2D eigenvalue weighted by Gasteiger charge is -2.21. The molecule has 1 aromatic carbocycles. The number of thiophene rings is 1. The molecule has 2 heterocycles. The molecule has 0 radical (unpaired) electrons. The number of hydrogen-bond acceptors (Lipinski definition) is 3. The van der Waals surface area contributed by atoms with Gasteiger partial charge in [-0.1, -0.05) is 6.07 Å². The fourth-order valence-electron chi connectivity index (χ4n) is 3.04. The predicted molar refractivity (Wildman–Crippen MR) is 92.6 cm³/mol. The van der Waals surface area contributed by atoms with Gasteiger partial charge in [-0.25, -0.2) is 13.2 Å². The molecule has 1 unspecified atom stereocenters. The van der Waals surface area contributed by atoms with Crippen molar-refractivity contribution in [2.24, 2.45) is 0 Å². The summed E-state index contributed by atoms with van der Waals surface area (Å²) in [5.41, 5.74) is -0.360. The van der Waals surface area contributed by atoms with Crippen LogP contribution in [0.15, 0.2) is 29.6 Å². The normalized spacial score (nSPS) is 18.0. The first kappa shape index (κ1) is 18.9. The molecule has 1 fully saturated rings. The van der Waals surface area contributed by atoms with E-state index in [1.807, 2.05) is 17.5 Å². The van der Waals surface area contributed by atoms with Crippen molar-refractivity contribution in [3.8, 4) is 0 Å². The summed E-state index contributed by atoms with van der Waals surface area (Å²) in [5, 5.41) is 4.30. The van der Waals surface area contributed by atoms with Gasteiger partial charge in [0.05, 0.1) is 10.6 Å². The van der Waals surface area contributed by atoms with Gasteiger partial charge < -0.3 is 15.0 Å². The third kappa shape index (κ3) is 4.84. The number of quaternary nitrogens is 1. The third-order valence-electron chi connectivity index (χ3n) is 4.26. The van der Waals surface area contributed by atoms with Crippen molar-refractivity contribution in [3.63, 3.8) is 0 Å². The number of halogens is 3. The first-order valence-corrected chi connectivity index (χ1v) is 9.32. The van der Waals surface area contributed by atoms with Crippen molar-refractivity contribution < 1.29 is 27.6 Å². The van der Waals surface area contributed by atoms with Gasteiger partial charge in [0, 0.05) is 6.61 Å². The zero-order chi connectivity index (χ0) is 18.5. The van der Waals surface area contributed by atoms with Crippen LogP contribution in [0.25, 0.3) is 0 Å². The Morgan fingerprint density at radius 3 is 2.81 bits per heavy atom. The first-order valence-electron chi connectivity index (χ1n) is 8.44. The second-order valence-electron chi connectivity index (χ2n) is 6.29. The quantitative estimate of drug-likeness (QED) is 0.719. The minimum Gasteiger partial charge on any atom is -0.372 e. The Morgan fingerprint density at radius 2 is 2.12 bits per heavy atom. The van der Waals surface area contributed by atoms with Gasteiger partial charge in [-0.05, 0) is 36.4 Å². The Bertz CT molecular complexity index is 749. The topological polar surface area (TPSA) is 42.8 Å². The number of ether oxygens (including phenoxy) is 1. The van der Waals surface area contributed by atoms with Gasteiger partial charge in [-0.2, -0.15) is 0 Å². The van der Waals surface area contributed by atoms with Crippen LogP contribution in [0.2, 0.25) is 0 Å². The summed E-state index contributed by atoms with van der Waals surface area (Å²) in [6.07, 6.45) is 2.05. The van der Waals surface area contributed by atoms with Crippen LogP contribution in [-0.2, 0) is 16.1 Å². The van der Waals surface area contributed by atoms with Crippen LogP contribution in [0.4, 0.5) is 18.9 Å². The third-order valence-corrected chi connectivity index (χ3v) is 5.14. The lowest BCUT2D eigenvalue weighted by Crippen LogP contribution is -3.12. The van der Waals surface area contributed by atoms with Crippen molar-refractivity contribution in [1.29, 1.82) is 0 Å². The van der Waals surface area contributed by atoms with Crippen LogP contribution in [0.1, 0.15) is 17.7 Å². The van der Waals surface area contributed by atoms with Gasteiger partial charge in [-0.3, -0.25) is 4.79 Å². The Hall–Kier alpha value is -1.90. The predicted octanol–water partition coefficient (Wildman–Crippen LogP) is 2.37. The van der Waals surface area contributed by atoms with Crippen LogP contribution in [0.5, 0.6) is 0 Å². The molecule has 1 saturated heterocycles. The molecule has 8 heteroatoms. The number of nitrogens with one attached hydrogen (secondary N) is 2. The maximum atomic E-state index is 13.7. The summed E-state index contributed by atoms with van der Waals surface area (Å²) in [6, 6.07) is 5.74. The van der Waals surface area contributed by atoms with Crippen molar-refractivity contribution in [2.45, 2.75) is 25.5 Å². The molecule has 140 valence electrons. The van der Waals surface area contributed by atoms with E-state index in [-0.39, 0.29) is 18.3 Å². The molecule has 2 aromatic rings. The van der Waals surface area contributed by atoms with Gasteiger partial charge in [0.2, 0.25) is 0 Å². The Morgan fingerprint density at radius 1 is 1.27 bits per heavy atom. The molecule has 0 aliphatic carbocycles. The lowest BCUT2D eigenvalue weighted by molar-refractivity contribution is -0.908. The van der Waals surface area contributed by atoms with Crippen molar-refractivity contribution in [3.05, 3.63) is 52.0 Å². The van der Waals surface area contributed by atoms with E-state index < -0.39 is 23.4 Å². The molecule has 4 nitrogen and oxygen atoms in total. The van der Waals surface area contributed by atoms with Crippen LogP contribution < -0.4 is 10.2 Å². The molecule has 1 aliphatic heterocycles. The molecule has 1 aromatic heterocycles.